The third-order valence-corrected chi connectivity index (χ3v) is 3.24. The first-order chi connectivity index (χ1) is 8.68. The summed E-state index contributed by atoms with van der Waals surface area (Å²) in [5, 5.41) is 11.8. The minimum absolute atomic E-state index is 0.568. The molecule has 2 rings (SSSR count). The van der Waals surface area contributed by atoms with Crippen molar-refractivity contribution in [1.82, 2.24) is 4.98 Å². The lowest BCUT2D eigenvalue weighted by Gasteiger charge is -2.25. The molecule has 2 nitrogen and oxygen atoms in total. The fraction of sp³-hybridized carbons (Fsp3) is 0.250. The van der Waals surface area contributed by atoms with Crippen molar-refractivity contribution in [2.24, 2.45) is 0 Å². The topological polar surface area (TPSA) is 36.0 Å². The Labute approximate surface area is 108 Å². The van der Waals surface area contributed by atoms with Crippen LogP contribution in [0.2, 0.25) is 0 Å². The van der Waals surface area contributed by atoms with Gasteiger partial charge in [0, 0.05) is 23.5 Å². The first-order valence-electron chi connectivity index (χ1n) is 6.18. The first-order valence-corrected chi connectivity index (χ1v) is 6.18. The first kappa shape index (κ1) is 12.7. The molecule has 0 unspecified atom stereocenters. The Bertz CT molecular complexity index is 543. The summed E-state index contributed by atoms with van der Waals surface area (Å²) in [7, 11) is 0. The maximum atomic E-state index is 10.6. The smallest absolute Gasteiger partial charge is 0.0756 e. The van der Waals surface area contributed by atoms with Crippen LogP contribution in [0, 0.1) is 0 Å². The second kappa shape index (κ2) is 5.23. The molecule has 1 aromatic heterocycles. The van der Waals surface area contributed by atoms with Crippen LogP contribution in [0.4, 0.5) is 0 Å². The van der Waals surface area contributed by atoms with Crippen LogP contribution in [0.5, 0.6) is 0 Å². The van der Waals surface area contributed by atoms with E-state index in [9.17, 15) is 5.11 Å². The van der Waals surface area contributed by atoms with Crippen molar-refractivity contribution in [3.63, 3.8) is 0 Å². The predicted molar refractivity (Wildman–Crippen MR) is 76.6 cm³/mol. The summed E-state index contributed by atoms with van der Waals surface area (Å²) in [6.07, 6.45) is 7.24. The van der Waals surface area contributed by atoms with E-state index in [4.69, 9.17) is 0 Å². The quantitative estimate of drug-likeness (QED) is 0.745. The lowest BCUT2D eigenvalue weighted by Crippen LogP contribution is -2.30. The van der Waals surface area contributed by atoms with Gasteiger partial charge in [0.2, 0.25) is 0 Å². The highest BCUT2D eigenvalue weighted by Gasteiger charge is 2.25. The number of hydrogen-bond donors (Lipinski definition) is 2. The second-order valence-corrected chi connectivity index (χ2v) is 4.75. The summed E-state index contributed by atoms with van der Waals surface area (Å²) in [5.41, 5.74) is 1.46. The zero-order valence-electron chi connectivity index (χ0n) is 10.5. The van der Waals surface area contributed by atoms with Crippen molar-refractivity contribution in [3.8, 4) is 0 Å². The lowest BCUT2D eigenvalue weighted by atomic mass is 9.88. The maximum Gasteiger partial charge on any atom is 0.0756 e. The van der Waals surface area contributed by atoms with Crippen LogP contribution < -0.4 is 0 Å². The summed E-state index contributed by atoms with van der Waals surface area (Å²) in [6.45, 7) is 7.43. The van der Waals surface area contributed by atoms with Crippen molar-refractivity contribution < 1.29 is 5.11 Å². The van der Waals surface area contributed by atoms with E-state index in [1.165, 1.54) is 5.39 Å². The molecule has 0 atom stereocenters. The third-order valence-electron chi connectivity index (χ3n) is 3.24. The van der Waals surface area contributed by atoms with Gasteiger partial charge in [0.15, 0.2) is 0 Å². The van der Waals surface area contributed by atoms with E-state index in [2.05, 4.69) is 24.2 Å². The molecule has 0 saturated carbocycles. The van der Waals surface area contributed by atoms with E-state index >= 15 is 0 Å². The normalized spacial score (nSPS) is 11.6. The van der Waals surface area contributed by atoms with Gasteiger partial charge in [0.1, 0.15) is 0 Å². The van der Waals surface area contributed by atoms with Crippen molar-refractivity contribution in [1.29, 1.82) is 0 Å². The molecule has 0 spiro atoms. The van der Waals surface area contributed by atoms with Crippen LogP contribution >= 0.6 is 0 Å². The molecule has 2 heteroatoms. The minimum Gasteiger partial charge on any atom is -0.389 e. The number of nitrogens with one attached hydrogen (secondary N) is 1. The average Bonchev–Trinajstić information content (AvgIpc) is 2.73. The van der Waals surface area contributed by atoms with E-state index in [-0.39, 0.29) is 0 Å². The maximum absolute atomic E-state index is 10.6. The Kier molecular flexibility index (Phi) is 3.68. The van der Waals surface area contributed by atoms with Gasteiger partial charge in [-0.2, -0.15) is 0 Å². The van der Waals surface area contributed by atoms with Gasteiger partial charge in [0.05, 0.1) is 5.60 Å². The van der Waals surface area contributed by atoms with Crippen LogP contribution in [0.25, 0.3) is 10.9 Å². The Morgan fingerprint density at radius 3 is 2.50 bits per heavy atom. The number of para-hydroxylation sites is 1. The molecule has 94 valence electrons. The highest BCUT2D eigenvalue weighted by molar-refractivity contribution is 5.83. The van der Waals surface area contributed by atoms with Crippen LogP contribution in [-0.4, -0.2) is 15.7 Å². The van der Waals surface area contributed by atoms with Crippen molar-refractivity contribution in [2.45, 2.75) is 24.9 Å². The van der Waals surface area contributed by atoms with Crippen LogP contribution in [-0.2, 0) is 6.42 Å². The van der Waals surface area contributed by atoms with Gasteiger partial charge >= 0.3 is 0 Å². The van der Waals surface area contributed by atoms with Crippen LogP contribution in [0.1, 0.15) is 18.4 Å². The molecule has 0 aliphatic carbocycles. The number of aliphatic hydroxyl groups is 1. The van der Waals surface area contributed by atoms with Crippen molar-refractivity contribution in [3.05, 3.63) is 61.3 Å². The van der Waals surface area contributed by atoms with Crippen LogP contribution in [0.15, 0.2) is 55.8 Å². The molecule has 2 N–H and O–H groups in total. The summed E-state index contributed by atoms with van der Waals surface area (Å²) < 4.78 is 0. The zero-order valence-corrected chi connectivity index (χ0v) is 10.5. The standard InChI is InChI=1S/C16H19NO/c1-3-9-16(18,10-4-2)11-13-12-17-15-8-6-5-7-14(13)15/h3-8,12,17-18H,1-2,9-11H2. The predicted octanol–water partition coefficient (Wildman–Crippen LogP) is 3.59. The molecule has 1 heterocycles. The molecule has 0 amide bonds. The Morgan fingerprint density at radius 1 is 1.17 bits per heavy atom. The van der Waals surface area contributed by atoms with E-state index in [1.807, 2.05) is 24.4 Å². The molecule has 0 bridgehead atoms. The van der Waals surface area contributed by atoms with Gasteiger partial charge in [-0.15, -0.1) is 13.2 Å². The van der Waals surface area contributed by atoms with E-state index < -0.39 is 5.60 Å². The van der Waals surface area contributed by atoms with Crippen LogP contribution in [0.3, 0.4) is 0 Å². The van der Waals surface area contributed by atoms with Gasteiger partial charge in [-0.05, 0) is 24.5 Å². The van der Waals surface area contributed by atoms with Crippen molar-refractivity contribution in [2.75, 3.05) is 0 Å². The fourth-order valence-corrected chi connectivity index (χ4v) is 2.40. The lowest BCUT2D eigenvalue weighted by molar-refractivity contribution is 0.0471. The SMILES string of the molecule is C=CCC(O)(CC=C)Cc1c[nH]c2ccccc12. The van der Waals surface area contributed by atoms with E-state index in [1.54, 1.807) is 12.2 Å². The van der Waals surface area contributed by atoms with Gasteiger partial charge < -0.3 is 10.1 Å². The van der Waals surface area contributed by atoms with E-state index in [0.717, 1.165) is 11.1 Å². The second-order valence-electron chi connectivity index (χ2n) is 4.75. The number of aromatic nitrogens is 1. The molecule has 0 saturated heterocycles. The highest BCUT2D eigenvalue weighted by atomic mass is 16.3. The molecule has 18 heavy (non-hydrogen) atoms. The van der Waals surface area contributed by atoms with Crippen molar-refractivity contribution >= 4 is 10.9 Å². The Balaban J connectivity index is 2.31. The molecule has 1 aromatic carbocycles. The summed E-state index contributed by atoms with van der Waals surface area (Å²) >= 11 is 0. The average molecular weight is 241 g/mol. The molecule has 0 radical (unpaired) electrons. The molecular formula is C16H19NO. The van der Waals surface area contributed by atoms with E-state index in [0.29, 0.717) is 19.3 Å². The zero-order chi connectivity index (χ0) is 13.0. The highest BCUT2D eigenvalue weighted by Crippen LogP contribution is 2.27. The number of benzene rings is 1. The Hall–Kier alpha value is -1.80. The monoisotopic (exact) mass is 241 g/mol. The number of rotatable bonds is 6. The molecular weight excluding hydrogens is 222 g/mol. The minimum atomic E-state index is -0.783. The summed E-state index contributed by atoms with van der Waals surface area (Å²) in [6, 6.07) is 8.13. The fourth-order valence-electron chi connectivity index (χ4n) is 2.40. The molecule has 0 aliphatic heterocycles. The molecule has 0 fully saturated rings. The number of fused-ring (bicyclic) bond motifs is 1. The third kappa shape index (κ3) is 2.54. The summed E-state index contributed by atoms with van der Waals surface area (Å²) in [5.74, 6) is 0. The van der Waals surface area contributed by atoms with Gasteiger partial charge in [0.25, 0.3) is 0 Å². The Morgan fingerprint density at radius 2 is 1.83 bits per heavy atom. The molecule has 2 aromatic rings. The molecule has 0 aliphatic rings. The van der Waals surface area contributed by atoms with Gasteiger partial charge in [-0.1, -0.05) is 30.4 Å². The summed E-state index contributed by atoms with van der Waals surface area (Å²) in [4.78, 5) is 3.23. The largest absolute Gasteiger partial charge is 0.389 e. The number of hydrogen-bond acceptors (Lipinski definition) is 1. The van der Waals surface area contributed by atoms with Gasteiger partial charge in [-0.25, -0.2) is 0 Å². The number of aromatic amines is 1. The number of H-pyrrole nitrogens is 1. The van der Waals surface area contributed by atoms with Gasteiger partial charge in [-0.3, -0.25) is 0 Å².